The van der Waals surface area contributed by atoms with Crippen molar-refractivity contribution < 1.29 is 17.9 Å². The van der Waals surface area contributed by atoms with Gasteiger partial charge in [0.05, 0.1) is 5.75 Å². The van der Waals surface area contributed by atoms with E-state index >= 15 is 0 Å². The summed E-state index contributed by atoms with van der Waals surface area (Å²) in [6, 6.07) is 0. The topological polar surface area (TPSA) is 72.5 Å². The maximum Gasteiger partial charge on any atom is 0.220 e. The molecule has 0 aliphatic heterocycles. The van der Waals surface area contributed by atoms with Gasteiger partial charge in [-0.05, 0) is 12.8 Å². The molecule has 5 nitrogen and oxygen atoms in total. The SMILES string of the molecule is COCCCNC(=O)CCCS(C)(=O)=O. The molecule has 0 saturated heterocycles. The van der Waals surface area contributed by atoms with Crippen LogP contribution in [0.15, 0.2) is 0 Å². The summed E-state index contributed by atoms with van der Waals surface area (Å²) in [7, 11) is -1.34. The third kappa shape index (κ3) is 11.3. The van der Waals surface area contributed by atoms with Crippen molar-refractivity contribution in [2.45, 2.75) is 19.3 Å². The van der Waals surface area contributed by atoms with Gasteiger partial charge < -0.3 is 10.1 Å². The highest BCUT2D eigenvalue weighted by molar-refractivity contribution is 7.90. The third-order valence-electron chi connectivity index (χ3n) is 1.77. The molecular formula is C9H19NO4S. The van der Waals surface area contributed by atoms with Gasteiger partial charge in [-0.25, -0.2) is 8.42 Å². The molecule has 0 unspecified atom stereocenters. The summed E-state index contributed by atoms with van der Waals surface area (Å²) in [5.74, 6) is -0.0341. The van der Waals surface area contributed by atoms with Crippen LogP contribution in [0.3, 0.4) is 0 Å². The Balaban J connectivity index is 3.42. The predicted octanol–water partition coefficient (Wildman–Crippen LogP) is -0.0361. The molecule has 0 saturated carbocycles. The fraction of sp³-hybridized carbons (Fsp3) is 0.889. The van der Waals surface area contributed by atoms with Gasteiger partial charge in [-0.2, -0.15) is 0 Å². The van der Waals surface area contributed by atoms with Gasteiger partial charge >= 0.3 is 0 Å². The van der Waals surface area contributed by atoms with E-state index in [1.807, 2.05) is 0 Å². The van der Waals surface area contributed by atoms with E-state index in [0.717, 1.165) is 6.42 Å². The second kappa shape index (κ2) is 7.64. The average Bonchev–Trinajstić information content (AvgIpc) is 2.10. The molecule has 0 aliphatic carbocycles. The van der Waals surface area contributed by atoms with Crippen molar-refractivity contribution in [3.05, 3.63) is 0 Å². The number of carbonyl (C=O) groups is 1. The Bertz CT molecular complexity index is 274. The predicted molar refractivity (Wildman–Crippen MR) is 58.4 cm³/mol. The van der Waals surface area contributed by atoms with Crippen molar-refractivity contribution in [3.8, 4) is 0 Å². The molecular weight excluding hydrogens is 218 g/mol. The fourth-order valence-corrected chi connectivity index (χ4v) is 1.70. The van der Waals surface area contributed by atoms with Gasteiger partial charge in [0.15, 0.2) is 0 Å². The van der Waals surface area contributed by atoms with Crippen LogP contribution in [0.5, 0.6) is 0 Å². The quantitative estimate of drug-likeness (QED) is 0.601. The van der Waals surface area contributed by atoms with Gasteiger partial charge in [-0.1, -0.05) is 0 Å². The first-order chi connectivity index (χ1) is 6.95. The Kier molecular flexibility index (Phi) is 7.33. The van der Waals surface area contributed by atoms with Gasteiger partial charge in [0.25, 0.3) is 0 Å². The van der Waals surface area contributed by atoms with Crippen molar-refractivity contribution in [3.63, 3.8) is 0 Å². The van der Waals surface area contributed by atoms with Crippen molar-refractivity contribution in [1.82, 2.24) is 5.32 Å². The summed E-state index contributed by atoms with van der Waals surface area (Å²) < 4.78 is 26.3. The van der Waals surface area contributed by atoms with E-state index in [1.165, 1.54) is 6.26 Å². The van der Waals surface area contributed by atoms with Crippen LogP contribution in [0.1, 0.15) is 19.3 Å². The highest BCUT2D eigenvalue weighted by Crippen LogP contribution is 1.94. The molecule has 0 aromatic heterocycles. The first-order valence-corrected chi connectivity index (χ1v) is 6.95. The lowest BCUT2D eigenvalue weighted by Crippen LogP contribution is -2.25. The Morgan fingerprint density at radius 1 is 1.33 bits per heavy atom. The Labute approximate surface area is 91.1 Å². The zero-order valence-corrected chi connectivity index (χ0v) is 10.1. The summed E-state index contributed by atoms with van der Waals surface area (Å²) in [6.07, 6.45) is 2.59. The second-order valence-corrected chi connectivity index (χ2v) is 5.69. The van der Waals surface area contributed by atoms with Crippen molar-refractivity contribution in [1.29, 1.82) is 0 Å². The van der Waals surface area contributed by atoms with E-state index in [-0.39, 0.29) is 18.1 Å². The summed E-state index contributed by atoms with van der Waals surface area (Å²) in [4.78, 5) is 11.1. The summed E-state index contributed by atoms with van der Waals surface area (Å²) >= 11 is 0. The molecule has 6 heteroatoms. The molecule has 0 spiro atoms. The fourth-order valence-electron chi connectivity index (χ4n) is 1.03. The molecule has 0 radical (unpaired) electrons. The molecule has 90 valence electrons. The van der Waals surface area contributed by atoms with Crippen LogP contribution < -0.4 is 5.32 Å². The van der Waals surface area contributed by atoms with Crippen molar-refractivity contribution in [2.75, 3.05) is 32.3 Å². The lowest BCUT2D eigenvalue weighted by atomic mass is 10.3. The minimum atomic E-state index is -2.95. The van der Waals surface area contributed by atoms with Crippen molar-refractivity contribution >= 4 is 15.7 Å². The standard InChI is InChI=1S/C9H19NO4S/c1-14-7-4-6-10-9(11)5-3-8-15(2,12)13/h3-8H2,1-2H3,(H,10,11). The lowest BCUT2D eigenvalue weighted by Gasteiger charge is -2.04. The molecule has 0 aromatic rings. The number of hydrogen-bond acceptors (Lipinski definition) is 4. The van der Waals surface area contributed by atoms with Gasteiger partial charge in [0, 0.05) is 32.9 Å². The number of carbonyl (C=O) groups excluding carboxylic acids is 1. The summed E-state index contributed by atoms with van der Waals surface area (Å²) in [5, 5.41) is 2.69. The minimum Gasteiger partial charge on any atom is -0.385 e. The summed E-state index contributed by atoms with van der Waals surface area (Å²) in [5.41, 5.74) is 0. The largest absolute Gasteiger partial charge is 0.385 e. The number of hydrogen-bond donors (Lipinski definition) is 1. The van der Waals surface area contributed by atoms with Gasteiger partial charge in [0.2, 0.25) is 5.91 Å². The monoisotopic (exact) mass is 237 g/mol. The maximum atomic E-state index is 11.1. The number of amides is 1. The molecule has 1 N–H and O–H groups in total. The Hall–Kier alpha value is -0.620. The molecule has 0 atom stereocenters. The van der Waals surface area contributed by atoms with Crippen LogP contribution in [0.25, 0.3) is 0 Å². The molecule has 0 aliphatic rings. The van der Waals surface area contributed by atoms with E-state index < -0.39 is 9.84 Å². The molecule has 1 amide bonds. The molecule has 0 heterocycles. The minimum absolute atomic E-state index is 0.0679. The number of ether oxygens (including phenoxy) is 1. The third-order valence-corrected chi connectivity index (χ3v) is 2.80. The number of sulfone groups is 1. The van der Waals surface area contributed by atoms with E-state index in [9.17, 15) is 13.2 Å². The highest BCUT2D eigenvalue weighted by atomic mass is 32.2. The smallest absolute Gasteiger partial charge is 0.220 e. The van der Waals surface area contributed by atoms with Crippen LogP contribution in [0, 0.1) is 0 Å². The molecule has 15 heavy (non-hydrogen) atoms. The first kappa shape index (κ1) is 14.4. The van der Waals surface area contributed by atoms with Crippen molar-refractivity contribution in [2.24, 2.45) is 0 Å². The number of rotatable bonds is 8. The van der Waals surface area contributed by atoms with E-state index in [1.54, 1.807) is 7.11 Å². The van der Waals surface area contributed by atoms with Gasteiger partial charge in [-0.3, -0.25) is 4.79 Å². The second-order valence-electron chi connectivity index (χ2n) is 3.43. The Morgan fingerprint density at radius 3 is 2.53 bits per heavy atom. The van der Waals surface area contributed by atoms with E-state index in [0.29, 0.717) is 19.6 Å². The van der Waals surface area contributed by atoms with Crippen LogP contribution >= 0.6 is 0 Å². The van der Waals surface area contributed by atoms with Crippen LogP contribution in [0.4, 0.5) is 0 Å². The van der Waals surface area contributed by atoms with Crippen LogP contribution in [0.2, 0.25) is 0 Å². The normalized spacial score (nSPS) is 11.3. The van der Waals surface area contributed by atoms with Gasteiger partial charge in [-0.15, -0.1) is 0 Å². The first-order valence-electron chi connectivity index (χ1n) is 4.89. The number of nitrogens with one attached hydrogen (secondary N) is 1. The van der Waals surface area contributed by atoms with Crippen LogP contribution in [-0.2, 0) is 19.4 Å². The summed E-state index contributed by atoms with van der Waals surface area (Å²) in [6.45, 7) is 1.19. The highest BCUT2D eigenvalue weighted by Gasteiger charge is 2.05. The maximum absolute atomic E-state index is 11.1. The number of methoxy groups -OCH3 is 1. The van der Waals surface area contributed by atoms with E-state index in [4.69, 9.17) is 4.74 Å². The average molecular weight is 237 g/mol. The Morgan fingerprint density at radius 2 is 2.00 bits per heavy atom. The lowest BCUT2D eigenvalue weighted by molar-refractivity contribution is -0.121. The molecule has 0 fully saturated rings. The van der Waals surface area contributed by atoms with Crippen LogP contribution in [-0.4, -0.2) is 46.6 Å². The zero-order chi connectivity index (χ0) is 11.7. The molecule has 0 rings (SSSR count). The van der Waals surface area contributed by atoms with E-state index in [2.05, 4.69) is 5.32 Å². The molecule has 0 bridgehead atoms. The molecule has 0 aromatic carbocycles. The zero-order valence-electron chi connectivity index (χ0n) is 9.28. The van der Waals surface area contributed by atoms with Gasteiger partial charge in [0.1, 0.15) is 9.84 Å².